The van der Waals surface area contributed by atoms with Crippen LogP contribution in [0.25, 0.3) is 0 Å². The molecule has 1 atom stereocenters. The summed E-state index contributed by atoms with van der Waals surface area (Å²) in [4.78, 5) is 26.6. The van der Waals surface area contributed by atoms with Crippen LogP contribution < -0.4 is 5.32 Å². The SMILES string of the molecule is CC[C@@H](NC(=O)CCSCc1csc(C)n1)C(=O)O. The topological polar surface area (TPSA) is 79.3 Å². The summed E-state index contributed by atoms with van der Waals surface area (Å²) in [6, 6.07) is -0.779. The number of thiazole rings is 1. The van der Waals surface area contributed by atoms with Crippen LogP contribution >= 0.6 is 23.1 Å². The number of thioether (sulfide) groups is 1. The van der Waals surface area contributed by atoms with Crippen LogP contribution in [0.4, 0.5) is 0 Å². The van der Waals surface area contributed by atoms with E-state index >= 15 is 0 Å². The summed E-state index contributed by atoms with van der Waals surface area (Å²) in [7, 11) is 0. The molecule has 1 heterocycles. The third-order valence-electron chi connectivity index (χ3n) is 2.43. The van der Waals surface area contributed by atoms with Gasteiger partial charge in [0.1, 0.15) is 6.04 Å². The molecular formula is C12H18N2O3S2. The Hall–Kier alpha value is -1.08. The van der Waals surface area contributed by atoms with E-state index in [1.165, 1.54) is 0 Å². The van der Waals surface area contributed by atoms with Crippen molar-refractivity contribution in [2.24, 2.45) is 0 Å². The average molecular weight is 302 g/mol. The van der Waals surface area contributed by atoms with E-state index < -0.39 is 12.0 Å². The first-order valence-corrected chi connectivity index (χ1v) is 8.07. The molecule has 106 valence electrons. The molecule has 1 aromatic rings. The minimum Gasteiger partial charge on any atom is -0.480 e. The van der Waals surface area contributed by atoms with Crippen molar-refractivity contribution in [2.75, 3.05) is 5.75 Å². The van der Waals surface area contributed by atoms with Gasteiger partial charge >= 0.3 is 5.97 Å². The molecule has 1 rings (SSSR count). The molecule has 0 radical (unpaired) electrons. The Morgan fingerprint density at radius 1 is 1.58 bits per heavy atom. The van der Waals surface area contributed by atoms with Crippen LogP contribution in [-0.4, -0.2) is 33.8 Å². The number of carboxylic acid groups (broad SMARTS) is 1. The maximum Gasteiger partial charge on any atom is 0.326 e. The number of aromatic nitrogens is 1. The van der Waals surface area contributed by atoms with Crippen LogP contribution in [0.1, 0.15) is 30.5 Å². The Bertz CT molecular complexity index is 434. The van der Waals surface area contributed by atoms with Crippen molar-refractivity contribution in [3.63, 3.8) is 0 Å². The number of hydrogen-bond acceptors (Lipinski definition) is 5. The van der Waals surface area contributed by atoms with Crippen LogP contribution in [0.2, 0.25) is 0 Å². The fourth-order valence-corrected chi connectivity index (χ4v) is 2.97. The smallest absolute Gasteiger partial charge is 0.326 e. The summed E-state index contributed by atoms with van der Waals surface area (Å²) in [6.07, 6.45) is 0.726. The third kappa shape index (κ3) is 6.07. The van der Waals surface area contributed by atoms with Crippen molar-refractivity contribution in [2.45, 2.75) is 38.5 Å². The molecule has 0 spiro atoms. The Balaban J connectivity index is 2.18. The van der Waals surface area contributed by atoms with E-state index in [-0.39, 0.29) is 5.91 Å². The third-order valence-corrected chi connectivity index (χ3v) is 4.25. The highest BCUT2D eigenvalue weighted by atomic mass is 32.2. The Morgan fingerprint density at radius 3 is 2.84 bits per heavy atom. The van der Waals surface area contributed by atoms with Crippen LogP contribution in [0, 0.1) is 6.92 Å². The molecule has 0 saturated heterocycles. The summed E-state index contributed by atoms with van der Waals surface area (Å²) >= 11 is 3.24. The number of amides is 1. The highest BCUT2D eigenvalue weighted by Crippen LogP contribution is 2.15. The minimum absolute atomic E-state index is 0.212. The molecule has 0 saturated carbocycles. The van der Waals surface area contributed by atoms with Gasteiger partial charge in [-0.25, -0.2) is 9.78 Å². The lowest BCUT2D eigenvalue weighted by Gasteiger charge is -2.11. The molecule has 1 amide bonds. The van der Waals surface area contributed by atoms with E-state index in [9.17, 15) is 9.59 Å². The largest absolute Gasteiger partial charge is 0.480 e. The number of carboxylic acids is 1. The number of aryl methyl sites for hydroxylation is 1. The summed E-state index contributed by atoms with van der Waals surface area (Å²) in [5, 5.41) is 14.4. The normalized spacial score (nSPS) is 12.1. The van der Waals surface area contributed by atoms with Gasteiger partial charge < -0.3 is 10.4 Å². The zero-order chi connectivity index (χ0) is 14.3. The van der Waals surface area contributed by atoms with Crippen molar-refractivity contribution in [1.29, 1.82) is 0 Å². The van der Waals surface area contributed by atoms with E-state index in [1.54, 1.807) is 30.0 Å². The maximum atomic E-state index is 11.5. The van der Waals surface area contributed by atoms with E-state index in [4.69, 9.17) is 5.11 Å². The Morgan fingerprint density at radius 2 is 2.32 bits per heavy atom. The van der Waals surface area contributed by atoms with Crippen LogP contribution in [0.15, 0.2) is 5.38 Å². The first-order chi connectivity index (χ1) is 9.02. The van der Waals surface area contributed by atoms with E-state index in [0.717, 1.165) is 16.5 Å². The van der Waals surface area contributed by atoms with Gasteiger partial charge in [-0.3, -0.25) is 4.79 Å². The summed E-state index contributed by atoms with van der Waals surface area (Å²) in [5.41, 5.74) is 1.03. The monoisotopic (exact) mass is 302 g/mol. The number of aliphatic carboxylic acids is 1. The molecule has 0 aliphatic heterocycles. The molecule has 0 aromatic carbocycles. The predicted molar refractivity (Wildman–Crippen MR) is 77.5 cm³/mol. The lowest BCUT2D eigenvalue weighted by atomic mass is 10.2. The lowest BCUT2D eigenvalue weighted by Crippen LogP contribution is -2.40. The van der Waals surface area contributed by atoms with Crippen molar-refractivity contribution >= 4 is 35.0 Å². The zero-order valence-corrected chi connectivity index (χ0v) is 12.6. The molecule has 2 N–H and O–H groups in total. The fraction of sp³-hybridized carbons (Fsp3) is 0.583. The molecule has 7 heteroatoms. The van der Waals surface area contributed by atoms with Crippen molar-refractivity contribution < 1.29 is 14.7 Å². The van der Waals surface area contributed by atoms with Gasteiger partial charge in [-0.2, -0.15) is 11.8 Å². The first-order valence-electron chi connectivity index (χ1n) is 6.03. The second kappa shape index (κ2) is 8.16. The standard InChI is InChI=1S/C12H18N2O3S2/c1-3-10(12(16)17)14-11(15)4-5-18-6-9-7-19-8(2)13-9/h7,10H,3-6H2,1-2H3,(H,14,15)(H,16,17)/t10-/m1/s1. The first kappa shape index (κ1) is 16.0. The molecule has 0 bridgehead atoms. The molecule has 1 aromatic heterocycles. The van der Waals surface area contributed by atoms with Gasteiger partial charge in [0.15, 0.2) is 0 Å². The Kier molecular flexibility index (Phi) is 6.86. The molecule has 0 aliphatic rings. The van der Waals surface area contributed by atoms with Gasteiger partial charge in [-0.1, -0.05) is 6.92 Å². The summed E-state index contributed by atoms with van der Waals surface area (Å²) < 4.78 is 0. The number of hydrogen-bond donors (Lipinski definition) is 2. The van der Waals surface area contributed by atoms with Crippen LogP contribution in [-0.2, 0) is 15.3 Å². The average Bonchev–Trinajstić information content (AvgIpc) is 2.77. The summed E-state index contributed by atoms with van der Waals surface area (Å²) in [5.74, 6) is 0.254. The second-order valence-electron chi connectivity index (χ2n) is 4.03. The van der Waals surface area contributed by atoms with E-state index in [2.05, 4.69) is 10.3 Å². The molecule has 0 fully saturated rings. The quantitative estimate of drug-likeness (QED) is 0.719. The van der Waals surface area contributed by atoms with Gasteiger partial charge in [-0.05, 0) is 13.3 Å². The molecular weight excluding hydrogens is 284 g/mol. The van der Waals surface area contributed by atoms with Gasteiger partial charge in [0.25, 0.3) is 0 Å². The van der Waals surface area contributed by atoms with Gasteiger partial charge in [-0.15, -0.1) is 11.3 Å². The number of rotatable bonds is 8. The molecule has 0 aliphatic carbocycles. The predicted octanol–water partition coefficient (Wildman–Crippen LogP) is 2.05. The van der Waals surface area contributed by atoms with Crippen molar-refractivity contribution in [3.8, 4) is 0 Å². The second-order valence-corrected chi connectivity index (χ2v) is 6.19. The van der Waals surface area contributed by atoms with Gasteiger partial charge in [0.2, 0.25) is 5.91 Å². The molecule has 19 heavy (non-hydrogen) atoms. The van der Waals surface area contributed by atoms with E-state index in [0.29, 0.717) is 18.6 Å². The van der Waals surface area contributed by atoms with E-state index in [1.807, 2.05) is 12.3 Å². The maximum absolute atomic E-state index is 11.5. The fourth-order valence-electron chi connectivity index (χ4n) is 1.42. The van der Waals surface area contributed by atoms with Gasteiger partial charge in [0, 0.05) is 23.3 Å². The van der Waals surface area contributed by atoms with Crippen LogP contribution in [0.5, 0.6) is 0 Å². The van der Waals surface area contributed by atoms with Crippen molar-refractivity contribution in [1.82, 2.24) is 10.3 Å². The van der Waals surface area contributed by atoms with Crippen molar-refractivity contribution in [3.05, 3.63) is 16.1 Å². The molecule has 0 unspecified atom stereocenters. The number of nitrogens with one attached hydrogen (secondary N) is 1. The zero-order valence-electron chi connectivity index (χ0n) is 11.0. The Labute approximate surface area is 120 Å². The molecule has 5 nitrogen and oxygen atoms in total. The number of nitrogens with zero attached hydrogens (tertiary/aromatic N) is 1. The number of carbonyl (C=O) groups excluding carboxylic acids is 1. The minimum atomic E-state index is -0.985. The highest BCUT2D eigenvalue weighted by molar-refractivity contribution is 7.98. The van der Waals surface area contributed by atoms with Gasteiger partial charge in [0.05, 0.1) is 10.7 Å². The lowest BCUT2D eigenvalue weighted by molar-refractivity contribution is -0.141. The van der Waals surface area contributed by atoms with Crippen LogP contribution in [0.3, 0.4) is 0 Å². The summed E-state index contributed by atoms with van der Waals surface area (Å²) in [6.45, 7) is 3.70. The number of carbonyl (C=O) groups is 2. The highest BCUT2D eigenvalue weighted by Gasteiger charge is 2.16.